The minimum absolute atomic E-state index is 0.00128. The Morgan fingerprint density at radius 1 is 0.429 bits per heavy atom. The van der Waals surface area contributed by atoms with Crippen LogP contribution in [0.1, 0.15) is 303 Å². The van der Waals surface area contributed by atoms with Crippen molar-refractivity contribution in [2.45, 2.75) is 315 Å². The molecule has 0 bridgehead atoms. The third-order valence-electron chi connectivity index (χ3n) is 13.0. The van der Waals surface area contributed by atoms with Gasteiger partial charge < -0.3 is 20.3 Å². The molecule has 6 heteroatoms. The number of esters is 1. The smallest absolute Gasteiger partial charge is 0.305 e. The number of nitrogens with one attached hydrogen (secondary N) is 1. The molecule has 2 unspecified atom stereocenters. The van der Waals surface area contributed by atoms with Gasteiger partial charge in [-0.05, 0) is 77.0 Å². The van der Waals surface area contributed by atoms with E-state index in [9.17, 15) is 19.8 Å². The molecule has 0 aromatic heterocycles. The number of ether oxygens (including phenoxy) is 1. The number of unbranched alkanes of at least 4 members (excludes halogenated alkanes) is 37. The lowest BCUT2D eigenvalue weighted by atomic mass is 10.0. The predicted octanol–water partition coefficient (Wildman–Crippen LogP) is 17.1. The van der Waals surface area contributed by atoms with E-state index in [-0.39, 0.29) is 18.5 Å². The summed E-state index contributed by atoms with van der Waals surface area (Å²) in [5, 5.41) is 23.1. The van der Waals surface area contributed by atoms with Gasteiger partial charge in [0, 0.05) is 12.8 Å². The fourth-order valence-electron chi connectivity index (χ4n) is 8.63. The average molecular weight is 889 g/mol. The quantitative estimate of drug-likeness (QED) is 0.0321. The molecule has 0 saturated carbocycles. The molecule has 2 atom stereocenters. The van der Waals surface area contributed by atoms with Crippen LogP contribution in [0, 0.1) is 0 Å². The highest BCUT2D eigenvalue weighted by Crippen LogP contribution is 2.16. The maximum Gasteiger partial charge on any atom is 0.305 e. The van der Waals surface area contributed by atoms with Crippen molar-refractivity contribution in [1.82, 2.24) is 5.32 Å². The fourth-order valence-corrected chi connectivity index (χ4v) is 8.63. The van der Waals surface area contributed by atoms with Crippen molar-refractivity contribution in [2.75, 3.05) is 13.2 Å². The van der Waals surface area contributed by atoms with Crippen LogP contribution in [0.4, 0.5) is 0 Å². The van der Waals surface area contributed by atoms with Gasteiger partial charge in [0.15, 0.2) is 0 Å². The number of aliphatic hydroxyl groups excluding tert-OH is 2. The molecule has 0 aliphatic carbocycles. The SMILES string of the molecule is CCCCCCCCC/C=C\CCCCCCCC(=O)OCCCCCCCCCCC/C=C\CCCCCCCCCC(=O)NC(CO)C(O)CCCCCCCCCCCC. The Bertz CT molecular complexity index is 982. The Kier molecular flexibility index (Phi) is 51.6. The van der Waals surface area contributed by atoms with Gasteiger partial charge >= 0.3 is 5.97 Å². The topological polar surface area (TPSA) is 95.9 Å². The van der Waals surface area contributed by atoms with Crippen LogP contribution in [-0.4, -0.2) is 47.4 Å². The van der Waals surface area contributed by atoms with Crippen molar-refractivity contribution in [3.8, 4) is 0 Å². The predicted molar refractivity (Wildman–Crippen MR) is 273 cm³/mol. The lowest BCUT2D eigenvalue weighted by Gasteiger charge is -2.22. The van der Waals surface area contributed by atoms with Crippen LogP contribution in [0.25, 0.3) is 0 Å². The zero-order valence-electron chi connectivity index (χ0n) is 42.3. The third kappa shape index (κ3) is 49.6. The first-order valence-electron chi connectivity index (χ1n) is 28.1. The zero-order valence-corrected chi connectivity index (χ0v) is 42.3. The Morgan fingerprint density at radius 3 is 1.13 bits per heavy atom. The number of allylic oxidation sites excluding steroid dienone is 4. The van der Waals surface area contributed by atoms with Crippen LogP contribution < -0.4 is 5.32 Å². The van der Waals surface area contributed by atoms with Crippen molar-refractivity contribution in [3.63, 3.8) is 0 Å². The van der Waals surface area contributed by atoms with Crippen LogP contribution in [-0.2, 0) is 14.3 Å². The molecule has 0 aliphatic heterocycles. The first-order chi connectivity index (χ1) is 31.0. The molecule has 0 heterocycles. The number of carbonyl (C=O) groups is 2. The van der Waals surface area contributed by atoms with E-state index >= 15 is 0 Å². The number of hydrogen-bond donors (Lipinski definition) is 3. The zero-order chi connectivity index (χ0) is 45.8. The summed E-state index contributed by atoms with van der Waals surface area (Å²) >= 11 is 0. The summed E-state index contributed by atoms with van der Waals surface area (Å²) in [6.45, 7) is 4.93. The second-order valence-electron chi connectivity index (χ2n) is 19.3. The second-order valence-corrected chi connectivity index (χ2v) is 19.3. The fraction of sp³-hybridized carbons (Fsp3) is 0.895. The molecule has 0 aromatic carbocycles. The van der Waals surface area contributed by atoms with E-state index in [1.54, 1.807) is 0 Å². The maximum atomic E-state index is 12.4. The summed E-state index contributed by atoms with van der Waals surface area (Å²) in [6, 6.07) is -0.546. The largest absolute Gasteiger partial charge is 0.466 e. The van der Waals surface area contributed by atoms with E-state index < -0.39 is 12.1 Å². The van der Waals surface area contributed by atoms with Crippen molar-refractivity contribution < 1.29 is 24.5 Å². The summed E-state index contributed by atoms with van der Waals surface area (Å²) in [7, 11) is 0. The van der Waals surface area contributed by atoms with Crippen molar-refractivity contribution in [1.29, 1.82) is 0 Å². The van der Waals surface area contributed by atoms with Gasteiger partial charge in [-0.1, -0.05) is 237 Å². The number of carbonyl (C=O) groups excluding carboxylic acids is 2. The molecule has 0 spiro atoms. The molecule has 0 aromatic rings. The molecule has 1 amide bonds. The highest BCUT2D eigenvalue weighted by Gasteiger charge is 2.20. The van der Waals surface area contributed by atoms with Crippen LogP contribution in [0.5, 0.6) is 0 Å². The van der Waals surface area contributed by atoms with E-state index in [2.05, 4.69) is 43.5 Å². The third-order valence-corrected chi connectivity index (χ3v) is 13.0. The Labute approximate surface area is 392 Å². The van der Waals surface area contributed by atoms with Crippen LogP contribution in [0.3, 0.4) is 0 Å². The number of hydrogen-bond acceptors (Lipinski definition) is 5. The van der Waals surface area contributed by atoms with Crippen LogP contribution >= 0.6 is 0 Å². The van der Waals surface area contributed by atoms with Gasteiger partial charge in [0.25, 0.3) is 0 Å². The summed E-state index contributed by atoms with van der Waals surface area (Å²) in [5.41, 5.74) is 0. The summed E-state index contributed by atoms with van der Waals surface area (Å²) < 4.78 is 5.47. The molecule has 0 saturated heterocycles. The van der Waals surface area contributed by atoms with Gasteiger partial charge in [-0.15, -0.1) is 0 Å². The van der Waals surface area contributed by atoms with Crippen LogP contribution in [0.15, 0.2) is 24.3 Å². The van der Waals surface area contributed by atoms with Crippen molar-refractivity contribution in [2.24, 2.45) is 0 Å². The van der Waals surface area contributed by atoms with Crippen LogP contribution in [0.2, 0.25) is 0 Å². The average Bonchev–Trinajstić information content (AvgIpc) is 3.28. The molecule has 0 fully saturated rings. The molecular weight excluding hydrogens is 779 g/mol. The molecule has 63 heavy (non-hydrogen) atoms. The maximum absolute atomic E-state index is 12.4. The second kappa shape index (κ2) is 53.0. The first kappa shape index (κ1) is 61.3. The van der Waals surface area contributed by atoms with Crippen molar-refractivity contribution in [3.05, 3.63) is 24.3 Å². The summed E-state index contributed by atoms with van der Waals surface area (Å²) in [6.07, 6.45) is 63.1. The normalized spacial score (nSPS) is 12.8. The molecule has 0 rings (SSSR count). The number of rotatable bonds is 52. The van der Waals surface area contributed by atoms with E-state index in [1.807, 2.05) is 0 Å². The first-order valence-corrected chi connectivity index (χ1v) is 28.1. The lowest BCUT2D eigenvalue weighted by molar-refractivity contribution is -0.143. The van der Waals surface area contributed by atoms with Gasteiger partial charge in [-0.25, -0.2) is 0 Å². The van der Waals surface area contributed by atoms with Gasteiger partial charge in [0.2, 0.25) is 5.91 Å². The molecule has 0 radical (unpaired) electrons. The van der Waals surface area contributed by atoms with E-state index in [4.69, 9.17) is 4.74 Å². The van der Waals surface area contributed by atoms with Gasteiger partial charge in [-0.3, -0.25) is 9.59 Å². The monoisotopic (exact) mass is 888 g/mol. The lowest BCUT2D eigenvalue weighted by Crippen LogP contribution is -2.45. The highest BCUT2D eigenvalue weighted by molar-refractivity contribution is 5.76. The summed E-state index contributed by atoms with van der Waals surface area (Å²) in [5.74, 6) is -0.0466. The molecule has 6 nitrogen and oxygen atoms in total. The van der Waals surface area contributed by atoms with Gasteiger partial charge in [0.1, 0.15) is 0 Å². The number of aliphatic hydroxyl groups is 2. The highest BCUT2D eigenvalue weighted by atomic mass is 16.5. The molecular formula is C57H109NO5. The summed E-state index contributed by atoms with van der Waals surface area (Å²) in [4.78, 5) is 24.5. The molecule has 0 aliphatic rings. The van der Waals surface area contributed by atoms with Crippen molar-refractivity contribution >= 4 is 11.9 Å². The van der Waals surface area contributed by atoms with Gasteiger partial charge in [-0.2, -0.15) is 0 Å². The van der Waals surface area contributed by atoms with E-state index in [1.165, 1.54) is 225 Å². The Morgan fingerprint density at radius 2 is 0.746 bits per heavy atom. The van der Waals surface area contributed by atoms with Gasteiger partial charge in [0.05, 0.1) is 25.4 Å². The number of amides is 1. The minimum atomic E-state index is -0.668. The van der Waals surface area contributed by atoms with E-state index in [0.29, 0.717) is 25.9 Å². The Hall–Kier alpha value is -1.66. The standard InChI is InChI=1S/C57H109NO5/c1-3-5-7-9-11-13-15-16-17-25-28-31-35-39-43-47-51-57(62)63-52-48-44-40-36-32-29-26-23-21-19-18-20-22-24-27-30-34-38-42-46-50-56(61)58-54(53-59)55(60)49-45-41-37-33-14-12-10-8-6-4-2/h17-18,20,25,54-55,59-60H,3-16,19,21-24,26-53H2,1-2H3,(H,58,61)/b20-18-,25-17-. The minimum Gasteiger partial charge on any atom is -0.466 e. The van der Waals surface area contributed by atoms with E-state index in [0.717, 1.165) is 44.9 Å². The Balaban J connectivity index is 3.41. The molecule has 3 N–H and O–H groups in total. The molecule has 372 valence electrons.